The number of para-hydroxylation sites is 2. The zero-order chi connectivity index (χ0) is 14.9. The van der Waals surface area contributed by atoms with Crippen molar-refractivity contribution in [3.8, 4) is 11.5 Å². The van der Waals surface area contributed by atoms with Crippen LogP contribution in [0.2, 0.25) is 0 Å². The van der Waals surface area contributed by atoms with Crippen LogP contribution in [0.25, 0.3) is 11.6 Å². The fraction of sp³-hybridized carbons (Fsp3) is 0.300. The van der Waals surface area contributed by atoms with Crippen LogP contribution in [0.3, 0.4) is 0 Å². The molecule has 0 spiro atoms. The first-order valence-electron chi connectivity index (χ1n) is 8.08. The van der Waals surface area contributed by atoms with Gasteiger partial charge in [0, 0.05) is 11.1 Å². The number of hydrogen-bond donors (Lipinski definition) is 0. The quantitative estimate of drug-likeness (QED) is 0.722. The van der Waals surface area contributed by atoms with Crippen LogP contribution in [-0.4, -0.2) is 25.0 Å². The maximum Gasteiger partial charge on any atom is 0.134 e. The van der Waals surface area contributed by atoms with Gasteiger partial charge in [0.15, 0.2) is 0 Å². The molecule has 120 valence electrons. The Hall–Kier alpha value is -1.77. The lowest BCUT2D eigenvalue weighted by Crippen LogP contribution is -2.30. The van der Waals surface area contributed by atoms with E-state index in [1.165, 1.54) is 42.6 Å². The standard InChI is InChI=1S/C20H21NO.ClH/c1-21-12-10-15(11-13-21)18-14-16-6-2-4-8-19(16)22-20-9-5-3-7-17(18)20;/h2-9,14-15H,10-13H2,1H3;1H. The summed E-state index contributed by atoms with van der Waals surface area (Å²) in [5, 5.41) is 0. The Labute approximate surface area is 144 Å². The molecule has 2 nitrogen and oxygen atoms in total. The van der Waals surface area contributed by atoms with Crippen LogP contribution in [0.1, 0.15) is 24.0 Å². The Morgan fingerprint density at radius 2 is 1.57 bits per heavy atom. The van der Waals surface area contributed by atoms with Gasteiger partial charge in [-0.05, 0) is 62.7 Å². The Morgan fingerprint density at radius 1 is 0.913 bits per heavy atom. The normalized spacial score (nSPS) is 17.9. The molecule has 0 aromatic heterocycles. The highest BCUT2D eigenvalue weighted by Gasteiger charge is 2.25. The highest BCUT2D eigenvalue weighted by atomic mass is 35.5. The maximum atomic E-state index is 6.18. The van der Waals surface area contributed by atoms with Gasteiger partial charge >= 0.3 is 0 Å². The second-order valence-electron chi connectivity index (χ2n) is 6.31. The lowest BCUT2D eigenvalue weighted by molar-refractivity contribution is 0.248. The Morgan fingerprint density at radius 3 is 2.35 bits per heavy atom. The largest absolute Gasteiger partial charge is 0.456 e. The van der Waals surface area contributed by atoms with Crippen molar-refractivity contribution in [2.75, 3.05) is 20.1 Å². The third-order valence-corrected chi connectivity index (χ3v) is 4.81. The summed E-state index contributed by atoms with van der Waals surface area (Å²) < 4.78 is 6.18. The van der Waals surface area contributed by atoms with E-state index in [1.807, 2.05) is 6.07 Å². The average molecular weight is 328 g/mol. The first-order chi connectivity index (χ1) is 10.8. The molecule has 0 saturated carbocycles. The number of nitrogens with zero attached hydrogens (tertiary/aromatic N) is 1. The molecule has 23 heavy (non-hydrogen) atoms. The van der Waals surface area contributed by atoms with Gasteiger partial charge in [-0.2, -0.15) is 0 Å². The summed E-state index contributed by atoms with van der Waals surface area (Å²) in [6.07, 6.45) is 4.79. The minimum Gasteiger partial charge on any atom is -0.456 e. The summed E-state index contributed by atoms with van der Waals surface area (Å²) in [6, 6.07) is 16.8. The van der Waals surface area contributed by atoms with Crippen LogP contribution in [0.5, 0.6) is 11.5 Å². The molecule has 1 saturated heterocycles. The fourth-order valence-corrected chi connectivity index (χ4v) is 3.51. The molecule has 0 bridgehead atoms. The third kappa shape index (κ3) is 3.15. The smallest absolute Gasteiger partial charge is 0.134 e. The van der Waals surface area contributed by atoms with Crippen molar-refractivity contribution in [1.29, 1.82) is 0 Å². The average Bonchev–Trinajstić information content (AvgIpc) is 2.72. The van der Waals surface area contributed by atoms with Gasteiger partial charge in [-0.15, -0.1) is 12.4 Å². The zero-order valence-electron chi connectivity index (χ0n) is 13.4. The molecule has 0 N–H and O–H groups in total. The van der Waals surface area contributed by atoms with Gasteiger partial charge < -0.3 is 9.64 Å². The second kappa shape index (κ2) is 6.77. The molecule has 0 radical (unpaired) electrons. The van der Waals surface area contributed by atoms with Crippen molar-refractivity contribution >= 4 is 24.1 Å². The lowest BCUT2D eigenvalue weighted by atomic mass is 9.84. The van der Waals surface area contributed by atoms with Crippen molar-refractivity contribution in [3.05, 3.63) is 59.7 Å². The molecule has 2 aromatic carbocycles. The molecule has 1 fully saturated rings. The van der Waals surface area contributed by atoms with Gasteiger partial charge in [-0.3, -0.25) is 0 Å². The maximum absolute atomic E-state index is 6.18. The lowest BCUT2D eigenvalue weighted by Gasteiger charge is -2.30. The SMILES string of the molecule is CN1CCC(C2=Cc3ccccc3Oc3ccccc32)CC1.Cl. The highest BCUT2D eigenvalue weighted by molar-refractivity contribution is 5.88. The summed E-state index contributed by atoms with van der Waals surface area (Å²) >= 11 is 0. The Balaban J connectivity index is 0.00000156. The van der Waals surface area contributed by atoms with E-state index in [0.29, 0.717) is 5.92 Å². The van der Waals surface area contributed by atoms with E-state index in [4.69, 9.17) is 4.74 Å². The third-order valence-electron chi connectivity index (χ3n) is 4.81. The number of ether oxygens (including phenoxy) is 1. The van der Waals surface area contributed by atoms with Crippen LogP contribution in [0.4, 0.5) is 0 Å². The number of rotatable bonds is 1. The minimum atomic E-state index is 0. The summed E-state index contributed by atoms with van der Waals surface area (Å²) in [6.45, 7) is 2.35. The van der Waals surface area contributed by atoms with Crippen LogP contribution in [0, 0.1) is 5.92 Å². The van der Waals surface area contributed by atoms with Crippen molar-refractivity contribution in [1.82, 2.24) is 4.90 Å². The number of allylic oxidation sites excluding steroid dienone is 1. The van der Waals surface area contributed by atoms with Crippen LogP contribution < -0.4 is 4.74 Å². The van der Waals surface area contributed by atoms with Crippen LogP contribution in [0.15, 0.2) is 48.5 Å². The van der Waals surface area contributed by atoms with Crippen molar-refractivity contribution in [3.63, 3.8) is 0 Å². The number of piperidine rings is 1. The van der Waals surface area contributed by atoms with Crippen molar-refractivity contribution < 1.29 is 4.74 Å². The molecule has 0 atom stereocenters. The number of fused-ring (bicyclic) bond motifs is 2. The van der Waals surface area contributed by atoms with Gasteiger partial charge in [-0.25, -0.2) is 0 Å². The Kier molecular flexibility index (Phi) is 4.74. The highest BCUT2D eigenvalue weighted by Crippen LogP contribution is 2.43. The van der Waals surface area contributed by atoms with Gasteiger partial charge in [0.1, 0.15) is 11.5 Å². The summed E-state index contributed by atoms with van der Waals surface area (Å²) in [5.41, 5.74) is 3.88. The number of hydrogen-bond acceptors (Lipinski definition) is 2. The van der Waals surface area contributed by atoms with Crippen LogP contribution in [-0.2, 0) is 0 Å². The molecule has 2 heterocycles. The molecule has 3 heteroatoms. The monoisotopic (exact) mass is 327 g/mol. The van der Waals surface area contributed by atoms with E-state index in [0.717, 1.165) is 11.5 Å². The molecule has 2 aromatic rings. The predicted molar refractivity (Wildman–Crippen MR) is 98.3 cm³/mol. The van der Waals surface area contributed by atoms with E-state index in [9.17, 15) is 0 Å². The molecule has 0 aliphatic carbocycles. The first kappa shape index (κ1) is 16.1. The number of benzene rings is 2. The summed E-state index contributed by atoms with van der Waals surface area (Å²) in [7, 11) is 2.21. The summed E-state index contributed by atoms with van der Waals surface area (Å²) in [5.74, 6) is 2.56. The zero-order valence-corrected chi connectivity index (χ0v) is 14.2. The second-order valence-corrected chi connectivity index (χ2v) is 6.31. The van der Waals surface area contributed by atoms with Gasteiger partial charge in [0.05, 0.1) is 0 Å². The van der Waals surface area contributed by atoms with E-state index in [-0.39, 0.29) is 12.4 Å². The van der Waals surface area contributed by atoms with Crippen molar-refractivity contribution in [2.24, 2.45) is 5.92 Å². The Bertz CT molecular complexity index is 717. The number of likely N-dealkylation sites (tertiary alicyclic amines) is 1. The topological polar surface area (TPSA) is 12.5 Å². The summed E-state index contributed by atoms with van der Waals surface area (Å²) in [4.78, 5) is 2.42. The first-order valence-corrected chi connectivity index (χ1v) is 8.08. The van der Waals surface area contributed by atoms with Crippen molar-refractivity contribution in [2.45, 2.75) is 12.8 Å². The van der Waals surface area contributed by atoms with E-state index < -0.39 is 0 Å². The van der Waals surface area contributed by atoms with E-state index >= 15 is 0 Å². The van der Waals surface area contributed by atoms with Gasteiger partial charge in [0.25, 0.3) is 0 Å². The number of halogens is 1. The predicted octanol–water partition coefficient (Wildman–Crippen LogP) is 5.10. The van der Waals surface area contributed by atoms with Crippen LogP contribution >= 0.6 is 12.4 Å². The van der Waals surface area contributed by atoms with Gasteiger partial charge in [-0.1, -0.05) is 36.4 Å². The molecule has 2 aliphatic heterocycles. The molecular weight excluding hydrogens is 306 g/mol. The van der Waals surface area contributed by atoms with Gasteiger partial charge in [0.2, 0.25) is 0 Å². The minimum absolute atomic E-state index is 0. The van der Waals surface area contributed by atoms with E-state index in [1.54, 1.807) is 0 Å². The fourth-order valence-electron chi connectivity index (χ4n) is 3.51. The molecule has 0 unspecified atom stereocenters. The van der Waals surface area contributed by atoms with E-state index in [2.05, 4.69) is 60.5 Å². The molecule has 2 aliphatic rings. The molecular formula is C20H22ClNO. The molecule has 4 rings (SSSR count). The molecule has 0 amide bonds.